The van der Waals surface area contributed by atoms with Crippen molar-refractivity contribution in [3.05, 3.63) is 22.6 Å². The molecule has 1 unspecified atom stereocenters. The average molecular weight is 286 g/mol. The standard InChI is InChI=1S/C13H20BrNO/c1-9(11-5-3-4-6-11)15-10(2)12-7-8-13(14)16-12/h7-11,15H,3-6H2,1-2H3/t9-,10?/m0/s1. The predicted octanol–water partition coefficient (Wildman–Crippen LogP) is 4.27. The molecule has 1 aromatic heterocycles. The van der Waals surface area contributed by atoms with E-state index in [9.17, 15) is 0 Å². The van der Waals surface area contributed by atoms with Crippen LogP contribution in [0.1, 0.15) is 51.3 Å². The molecule has 0 aliphatic heterocycles. The highest BCUT2D eigenvalue weighted by Gasteiger charge is 2.23. The van der Waals surface area contributed by atoms with E-state index in [2.05, 4.69) is 35.1 Å². The number of halogens is 1. The van der Waals surface area contributed by atoms with Crippen molar-refractivity contribution in [2.24, 2.45) is 5.92 Å². The molecule has 1 aliphatic rings. The second kappa shape index (κ2) is 5.37. The fourth-order valence-corrected chi connectivity index (χ4v) is 2.95. The maximum Gasteiger partial charge on any atom is 0.169 e. The minimum Gasteiger partial charge on any atom is -0.453 e. The third kappa shape index (κ3) is 2.89. The van der Waals surface area contributed by atoms with Crippen LogP contribution in [0.4, 0.5) is 0 Å². The van der Waals surface area contributed by atoms with Crippen molar-refractivity contribution in [3.63, 3.8) is 0 Å². The van der Waals surface area contributed by atoms with Crippen molar-refractivity contribution in [3.8, 4) is 0 Å². The fraction of sp³-hybridized carbons (Fsp3) is 0.692. The van der Waals surface area contributed by atoms with Gasteiger partial charge in [0.05, 0.1) is 6.04 Å². The van der Waals surface area contributed by atoms with Crippen molar-refractivity contribution in [2.45, 2.75) is 51.6 Å². The van der Waals surface area contributed by atoms with E-state index < -0.39 is 0 Å². The first kappa shape index (κ1) is 12.2. The molecule has 3 heteroatoms. The van der Waals surface area contributed by atoms with Gasteiger partial charge >= 0.3 is 0 Å². The summed E-state index contributed by atoms with van der Waals surface area (Å²) in [5.74, 6) is 1.86. The molecule has 2 nitrogen and oxygen atoms in total. The zero-order chi connectivity index (χ0) is 11.5. The highest BCUT2D eigenvalue weighted by atomic mass is 79.9. The highest BCUT2D eigenvalue weighted by Crippen LogP contribution is 2.29. The molecular formula is C13H20BrNO. The van der Waals surface area contributed by atoms with Crippen molar-refractivity contribution in [1.29, 1.82) is 0 Å². The average Bonchev–Trinajstić information content (AvgIpc) is 2.87. The maximum atomic E-state index is 5.56. The lowest BCUT2D eigenvalue weighted by atomic mass is 9.99. The van der Waals surface area contributed by atoms with Crippen LogP contribution >= 0.6 is 15.9 Å². The summed E-state index contributed by atoms with van der Waals surface area (Å²) in [5, 5.41) is 3.64. The van der Waals surface area contributed by atoms with Crippen LogP contribution in [0.3, 0.4) is 0 Å². The van der Waals surface area contributed by atoms with E-state index in [-0.39, 0.29) is 0 Å². The van der Waals surface area contributed by atoms with Crippen molar-refractivity contribution < 1.29 is 4.42 Å². The zero-order valence-corrected chi connectivity index (χ0v) is 11.6. The Kier molecular flexibility index (Phi) is 4.09. The largest absolute Gasteiger partial charge is 0.453 e. The van der Waals surface area contributed by atoms with Gasteiger partial charge in [0.2, 0.25) is 0 Å². The number of furan rings is 1. The van der Waals surface area contributed by atoms with Gasteiger partial charge in [0.15, 0.2) is 4.67 Å². The van der Waals surface area contributed by atoms with Gasteiger partial charge in [0, 0.05) is 6.04 Å². The summed E-state index contributed by atoms with van der Waals surface area (Å²) >= 11 is 3.34. The fourth-order valence-electron chi connectivity index (χ4n) is 2.63. The topological polar surface area (TPSA) is 25.2 Å². The maximum absolute atomic E-state index is 5.56. The molecule has 0 radical (unpaired) electrons. The highest BCUT2D eigenvalue weighted by molar-refractivity contribution is 9.10. The van der Waals surface area contributed by atoms with Crippen molar-refractivity contribution in [1.82, 2.24) is 5.32 Å². The molecule has 90 valence electrons. The van der Waals surface area contributed by atoms with Crippen molar-refractivity contribution in [2.75, 3.05) is 0 Å². The molecular weight excluding hydrogens is 266 g/mol. The number of nitrogens with one attached hydrogen (secondary N) is 1. The Bertz CT molecular complexity index is 330. The van der Waals surface area contributed by atoms with Crippen LogP contribution in [0.15, 0.2) is 21.2 Å². The third-order valence-electron chi connectivity index (χ3n) is 3.64. The molecule has 2 atom stereocenters. The summed E-state index contributed by atoms with van der Waals surface area (Å²) in [4.78, 5) is 0. The van der Waals surface area contributed by atoms with Gasteiger partial charge in [-0.05, 0) is 60.7 Å². The molecule has 2 rings (SSSR count). The second-order valence-electron chi connectivity index (χ2n) is 4.86. The molecule has 0 saturated heterocycles. The van der Waals surface area contributed by atoms with E-state index in [1.54, 1.807) is 0 Å². The van der Waals surface area contributed by atoms with Gasteiger partial charge in [-0.25, -0.2) is 0 Å². The van der Waals surface area contributed by atoms with Crippen LogP contribution in [0.2, 0.25) is 0 Å². The summed E-state index contributed by atoms with van der Waals surface area (Å²) in [6.45, 7) is 4.46. The molecule has 1 saturated carbocycles. The van der Waals surface area contributed by atoms with E-state index in [1.807, 2.05) is 12.1 Å². The SMILES string of the molecule is CC(N[C@@H](C)C1CCCC1)c1ccc(Br)o1. The number of hydrogen-bond acceptors (Lipinski definition) is 2. The first-order valence-electron chi connectivity index (χ1n) is 6.18. The lowest BCUT2D eigenvalue weighted by Gasteiger charge is -2.23. The van der Waals surface area contributed by atoms with E-state index in [1.165, 1.54) is 25.7 Å². The quantitative estimate of drug-likeness (QED) is 0.894. The molecule has 1 aliphatic carbocycles. The molecule has 0 amide bonds. The van der Waals surface area contributed by atoms with E-state index in [4.69, 9.17) is 4.42 Å². The predicted molar refractivity (Wildman–Crippen MR) is 69.4 cm³/mol. The molecule has 1 fully saturated rings. The summed E-state index contributed by atoms with van der Waals surface area (Å²) in [5.41, 5.74) is 0. The molecule has 16 heavy (non-hydrogen) atoms. The molecule has 0 aromatic carbocycles. The van der Waals surface area contributed by atoms with E-state index >= 15 is 0 Å². The van der Waals surface area contributed by atoms with Gasteiger partial charge in [-0.1, -0.05) is 12.8 Å². The van der Waals surface area contributed by atoms with E-state index in [0.29, 0.717) is 12.1 Å². The van der Waals surface area contributed by atoms with E-state index in [0.717, 1.165) is 16.3 Å². The monoisotopic (exact) mass is 285 g/mol. The normalized spacial score (nSPS) is 21.2. The van der Waals surface area contributed by atoms with Crippen LogP contribution in [0.25, 0.3) is 0 Å². The van der Waals surface area contributed by atoms with Crippen LogP contribution in [-0.4, -0.2) is 6.04 Å². The summed E-state index contributed by atoms with van der Waals surface area (Å²) in [7, 11) is 0. The summed E-state index contributed by atoms with van der Waals surface area (Å²) < 4.78 is 6.37. The van der Waals surface area contributed by atoms with Gasteiger partial charge in [0.25, 0.3) is 0 Å². The molecule has 1 heterocycles. The number of rotatable bonds is 4. The molecule has 1 aromatic rings. The van der Waals surface area contributed by atoms with Gasteiger partial charge in [-0.3, -0.25) is 0 Å². The van der Waals surface area contributed by atoms with Gasteiger partial charge in [-0.2, -0.15) is 0 Å². The number of hydrogen-bond donors (Lipinski definition) is 1. The lowest BCUT2D eigenvalue weighted by molar-refractivity contribution is 0.324. The van der Waals surface area contributed by atoms with Crippen LogP contribution < -0.4 is 5.32 Å². The zero-order valence-electron chi connectivity index (χ0n) is 10.0. The Labute approximate surface area is 106 Å². The summed E-state index contributed by atoms with van der Waals surface area (Å²) in [6, 6.07) is 4.86. The van der Waals surface area contributed by atoms with Crippen LogP contribution in [0.5, 0.6) is 0 Å². The minimum atomic E-state index is 0.293. The Morgan fingerprint density at radius 1 is 1.31 bits per heavy atom. The Morgan fingerprint density at radius 2 is 2.00 bits per heavy atom. The van der Waals surface area contributed by atoms with Crippen LogP contribution in [-0.2, 0) is 0 Å². The van der Waals surface area contributed by atoms with Gasteiger partial charge in [-0.15, -0.1) is 0 Å². The van der Waals surface area contributed by atoms with Gasteiger partial charge < -0.3 is 9.73 Å². The molecule has 1 N–H and O–H groups in total. The third-order valence-corrected chi connectivity index (χ3v) is 4.07. The smallest absolute Gasteiger partial charge is 0.169 e. The molecule has 0 spiro atoms. The lowest BCUT2D eigenvalue weighted by Crippen LogP contribution is -2.34. The van der Waals surface area contributed by atoms with Crippen molar-refractivity contribution >= 4 is 15.9 Å². The Morgan fingerprint density at radius 3 is 2.56 bits per heavy atom. The summed E-state index contributed by atoms with van der Waals surface area (Å²) in [6.07, 6.45) is 5.56. The second-order valence-corrected chi connectivity index (χ2v) is 5.65. The molecule has 0 bridgehead atoms. The van der Waals surface area contributed by atoms with Crippen LogP contribution in [0, 0.1) is 5.92 Å². The Balaban J connectivity index is 1.88. The first-order valence-corrected chi connectivity index (χ1v) is 6.97. The Hall–Kier alpha value is -0.280. The first-order chi connectivity index (χ1) is 7.66. The van der Waals surface area contributed by atoms with Gasteiger partial charge in [0.1, 0.15) is 5.76 Å². The minimum absolute atomic E-state index is 0.293.